The van der Waals surface area contributed by atoms with Crippen molar-refractivity contribution < 1.29 is 23.9 Å². The Morgan fingerprint density at radius 3 is 2.11 bits per heavy atom. The van der Waals surface area contributed by atoms with Crippen molar-refractivity contribution in [2.75, 3.05) is 14.2 Å². The first-order valence-electron chi connectivity index (χ1n) is 8.12. The van der Waals surface area contributed by atoms with Crippen LogP contribution in [-0.2, 0) is 25.6 Å². The topological polar surface area (TPSA) is 74.6 Å². The summed E-state index contributed by atoms with van der Waals surface area (Å²) in [5.74, 6) is -2.82. The number of carbonyl (C=O) groups excluding carboxylic acids is 3. The highest BCUT2D eigenvalue weighted by Gasteiger charge is 2.30. The highest BCUT2D eigenvalue weighted by atomic mass is 35.5. The lowest BCUT2D eigenvalue weighted by Gasteiger charge is -2.15. The highest BCUT2D eigenvalue weighted by molar-refractivity contribution is 6.42. The van der Waals surface area contributed by atoms with E-state index >= 15 is 0 Å². The first kappa shape index (κ1) is 21.0. The van der Waals surface area contributed by atoms with Crippen molar-refractivity contribution in [2.24, 2.45) is 5.92 Å². The maximum absolute atomic E-state index is 13.0. The second kappa shape index (κ2) is 9.06. The minimum Gasteiger partial charge on any atom is -0.468 e. The fourth-order valence-corrected chi connectivity index (χ4v) is 3.28. The number of rotatable bonds is 7. The molecule has 0 aliphatic carbocycles. The molecule has 0 atom stereocenters. The lowest BCUT2D eigenvalue weighted by atomic mass is 10.0. The van der Waals surface area contributed by atoms with Gasteiger partial charge in [0.05, 0.1) is 24.9 Å². The van der Waals surface area contributed by atoms with Gasteiger partial charge in [-0.1, -0.05) is 53.5 Å². The zero-order valence-electron chi connectivity index (χ0n) is 15.1. The summed E-state index contributed by atoms with van der Waals surface area (Å²) in [5, 5.41) is 0.422. The molecule has 1 aromatic heterocycles. The van der Waals surface area contributed by atoms with Gasteiger partial charge in [-0.25, -0.2) is 0 Å². The Hall–Kier alpha value is -2.31. The van der Waals surface area contributed by atoms with Gasteiger partial charge in [-0.3, -0.25) is 14.4 Å². The summed E-state index contributed by atoms with van der Waals surface area (Å²) < 4.78 is 10.8. The number of methoxy groups -OCH3 is 2. The third kappa shape index (κ3) is 4.34. The number of ketones is 1. The van der Waals surface area contributed by atoms with Gasteiger partial charge < -0.3 is 14.0 Å². The fourth-order valence-electron chi connectivity index (χ4n) is 2.78. The first-order chi connectivity index (χ1) is 12.8. The van der Waals surface area contributed by atoms with Gasteiger partial charge in [0.25, 0.3) is 0 Å². The molecule has 1 aromatic carbocycles. The van der Waals surface area contributed by atoms with Crippen LogP contribution in [0.1, 0.15) is 28.0 Å². The Kier molecular flexibility index (Phi) is 7.05. The molecule has 6 nitrogen and oxygen atoms in total. The molecule has 0 spiro atoms. The normalized spacial score (nSPS) is 10.7. The molecule has 2 aromatic rings. The average Bonchev–Trinajstić information content (AvgIpc) is 2.91. The number of esters is 2. The van der Waals surface area contributed by atoms with Gasteiger partial charge in [0.2, 0.25) is 5.78 Å². The van der Waals surface area contributed by atoms with E-state index in [2.05, 4.69) is 9.47 Å². The second-order valence-corrected chi connectivity index (χ2v) is 6.55. The van der Waals surface area contributed by atoms with Crippen LogP contribution in [0.25, 0.3) is 0 Å². The smallest absolute Gasteiger partial charge is 0.320 e. The average molecular weight is 412 g/mol. The maximum atomic E-state index is 13.0. The van der Waals surface area contributed by atoms with Crippen molar-refractivity contribution in [3.05, 3.63) is 57.3 Å². The van der Waals surface area contributed by atoms with E-state index in [1.54, 1.807) is 37.3 Å². The van der Waals surface area contributed by atoms with Crippen LogP contribution < -0.4 is 0 Å². The molecule has 0 N–H and O–H groups in total. The molecule has 0 aliphatic heterocycles. The van der Waals surface area contributed by atoms with Gasteiger partial charge in [-0.05, 0) is 18.9 Å². The number of nitrogens with zero attached hydrogens (tertiary/aromatic N) is 1. The van der Waals surface area contributed by atoms with E-state index in [9.17, 15) is 14.4 Å². The number of ether oxygens (including phenoxy) is 2. The largest absolute Gasteiger partial charge is 0.468 e. The van der Waals surface area contributed by atoms with Crippen molar-refractivity contribution in [3.8, 4) is 0 Å². The van der Waals surface area contributed by atoms with Crippen LogP contribution >= 0.6 is 23.2 Å². The molecule has 0 aliphatic rings. The van der Waals surface area contributed by atoms with E-state index in [-0.39, 0.29) is 28.9 Å². The van der Waals surface area contributed by atoms with Gasteiger partial charge >= 0.3 is 11.9 Å². The third-order valence-corrected chi connectivity index (χ3v) is 5.19. The van der Waals surface area contributed by atoms with E-state index in [4.69, 9.17) is 23.2 Å². The summed E-state index contributed by atoms with van der Waals surface area (Å²) in [4.78, 5) is 36.7. The van der Waals surface area contributed by atoms with E-state index in [1.807, 2.05) is 0 Å². The molecule has 0 saturated carbocycles. The summed E-state index contributed by atoms with van der Waals surface area (Å²) in [6.07, 6.45) is 0.0403. The van der Waals surface area contributed by atoms with Crippen molar-refractivity contribution >= 4 is 40.9 Å². The Morgan fingerprint density at radius 2 is 1.59 bits per heavy atom. The van der Waals surface area contributed by atoms with Crippen LogP contribution in [0.15, 0.2) is 30.3 Å². The van der Waals surface area contributed by atoms with Crippen LogP contribution in [0.3, 0.4) is 0 Å². The molecule has 0 radical (unpaired) electrons. The monoisotopic (exact) mass is 411 g/mol. The summed E-state index contributed by atoms with van der Waals surface area (Å²) in [6, 6.07) is 8.69. The van der Waals surface area contributed by atoms with E-state index in [0.29, 0.717) is 16.8 Å². The van der Waals surface area contributed by atoms with Gasteiger partial charge in [0.1, 0.15) is 5.15 Å². The molecule has 0 amide bonds. The summed E-state index contributed by atoms with van der Waals surface area (Å²) in [5.41, 5.74) is 1.32. The van der Waals surface area contributed by atoms with Gasteiger partial charge in [0, 0.05) is 12.1 Å². The van der Waals surface area contributed by atoms with Crippen LogP contribution in [0.2, 0.25) is 10.2 Å². The van der Waals surface area contributed by atoms with Gasteiger partial charge in [-0.2, -0.15) is 0 Å². The van der Waals surface area contributed by atoms with E-state index < -0.39 is 17.9 Å². The van der Waals surface area contributed by atoms with Crippen LogP contribution in [-0.4, -0.2) is 36.5 Å². The van der Waals surface area contributed by atoms with Gasteiger partial charge in [-0.15, -0.1) is 0 Å². The molecule has 2 rings (SSSR count). The first-order valence-corrected chi connectivity index (χ1v) is 8.88. The standard InChI is InChI=1S/C19H19Cl2NO5/c1-11-14(20)17(21)22(10-9-13(18(24)26-2)19(25)27-3)15(11)16(23)12-7-5-4-6-8-12/h4-8,13H,9-10H2,1-3H3. The predicted octanol–water partition coefficient (Wildman–Crippen LogP) is 3.69. The lowest BCUT2D eigenvalue weighted by Crippen LogP contribution is -2.28. The summed E-state index contributed by atoms with van der Waals surface area (Å²) in [6.45, 7) is 1.80. The Morgan fingerprint density at radius 1 is 1.04 bits per heavy atom. The number of aromatic nitrogens is 1. The van der Waals surface area contributed by atoms with Crippen molar-refractivity contribution in [2.45, 2.75) is 19.9 Å². The number of carbonyl (C=O) groups is 3. The Labute approximate surface area is 167 Å². The molecular weight excluding hydrogens is 393 g/mol. The Balaban J connectivity index is 2.39. The Bertz CT molecular complexity index is 845. The summed E-state index contributed by atoms with van der Waals surface area (Å²) in [7, 11) is 2.37. The molecule has 27 heavy (non-hydrogen) atoms. The second-order valence-electron chi connectivity index (χ2n) is 5.81. The SMILES string of the molecule is COC(=O)C(CCn1c(Cl)c(Cl)c(C)c1C(=O)c1ccccc1)C(=O)OC. The molecule has 1 heterocycles. The molecule has 0 fully saturated rings. The van der Waals surface area contributed by atoms with E-state index in [0.717, 1.165) is 0 Å². The van der Waals surface area contributed by atoms with Crippen LogP contribution in [0, 0.1) is 12.8 Å². The maximum Gasteiger partial charge on any atom is 0.320 e. The molecular formula is C19H19Cl2NO5. The molecule has 144 valence electrons. The zero-order valence-corrected chi connectivity index (χ0v) is 16.6. The third-order valence-electron chi connectivity index (χ3n) is 4.24. The summed E-state index contributed by atoms with van der Waals surface area (Å²) >= 11 is 12.5. The molecule has 8 heteroatoms. The molecule has 0 unspecified atom stereocenters. The number of benzene rings is 1. The predicted molar refractivity (Wildman–Crippen MR) is 101 cm³/mol. The highest BCUT2D eigenvalue weighted by Crippen LogP contribution is 2.33. The fraction of sp³-hybridized carbons (Fsp3) is 0.316. The minimum absolute atomic E-state index is 0.0403. The van der Waals surface area contributed by atoms with Crippen molar-refractivity contribution in [3.63, 3.8) is 0 Å². The van der Waals surface area contributed by atoms with Gasteiger partial charge in [0.15, 0.2) is 5.92 Å². The number of hydrogen-bond donors (Lipinski definition) is 0. The molecule has 0 bridgehead atoms. The van der Waals surface area contributed by atoms with E-state index in [1.165, 1.54) is 18.8 Å². The van der Waals surface area contributed by atoms with Crippen LogP contribution in [0.5, 0.6) is 0 Å². The zero-order chi connectivity index (χ0) is 20.1. The quantitative estimate of drug-likeness (QED) is 0.394. The lowest BCUT2D eigenvalue weighted by molar-refractivity contribution is -0.159. The molecule has 0 saturated heterocycles. The number of hydrogen-bond acceptors (Lipinski definition) is 5. The van der Waals surface area contributed by atoms with Crippen molar-refractivity contribution in [1.29, 1.82) is 0 Å². The van der Waals surface area contributed by atoms with Crippen molar-refractivity contribution in [1.82, 2.24) is 4.57 Å². The van der Waals surface area contributed by atoms with Crippen LogP contribution in [0.4, 0.5) is 0 Å². The number of halogens is 2. The minimum atomic E-state index is -1.13.